The quantitative estimate of drug-likeness (QED) is 0.897. The number of hydrogen-bond acceptors (Lipinski definition) is 2. The summed E-state index contributed by atoms with van der Waals surface area (Å²) in [5.74, 6) is 1.86. The third kappa shape index (κ3) is 3.38. The Morgan fingerprint density at radius 3 is 2.74 bits per heavy atom. The molecule has 0 saturated carbocycles. The van der Waals surface area contributed by atoms with Crippen LogP contribution in [0.25, 0.3) is 0 Å². The first-order valence-electron chi connectivity index (χ1n) is 6.42. The first kappa shape index (κ1) is 14.1. The maximum atomic E-state index is 5.50. The lowest BCUT2D eigenvalue weighted by Crippen LogP contribution is -2.12. The summed E-state index contributed by atoms with van der Waals surface area (Å²) in [6.45, 7) is 4.47. The van der Waals surface area contributed by atoms with Crippen LogP contribution >= 0.6 is 15.9 Å². The number of benzene rings is 1. The molecule has 0 radical (unpaired) electrons. The highest BCUT2D eigenvalue weighted by atomic mass is 79.9. The molecule has 19 heavy (non-hydrogen) atoms. The van der Waals surface area contributed by atoms with Gasteiger partial charge in [0.2, 0.25) is 0 Å². The van der Waals surface area contributed by atoms with Crippen molar-refractivity contribution in [1.29, 1.82) is 0 Å². The number of rotatable bonds is 5. The Labute approximate surface area is 122 Å². The molecule has 1 N–H and O–H groups in total. The van der Waals surface area contributed by atoms with Gasteiger partial charge in [-0.3, -0.25) is 0 Å². The second kappa shape index (κ2) is 6.24. The number of aromatic amines is 1. The predicted molar refractivity (Wildman–Crippen MR) is 80.6 cm³/mol. The summed E-state index contributed by atoms with van der Waals surface area (Å²) in [6.07, 6.45) is 4.55. The third-order valence-corrected chi connectivity index (χ3v) is 3.88. The normalized spacial score (nSPS) is 12.7. The van der Waals surface area contributed by atoms with E-state index < -0.39 is 0 Å². The monoisotopic (exact) mass is 322 g/mol. The van der Waals surface area contributed by atoms with Gasteiger partial charge < -0.3 is 9.72 Å². The Balaban J connectivity index is 2.35. The van der Waals surface area contributed by atoms with Crippen LogP contribution < -0.4 is 4.74 Å². The molecule has 2 aromatic rings. The molecule has 0 saturated heterocycles. The van der Waals surface area contributed by atoms with E-state index >= 15 is 0 Å². The van der Waals surface area contributed by atoms with Gasteiger partial charge in [0.25, 0.3) is 0 Å². The van der Waals surface area contributed by atoms with E-state index in [1.165, 1.54) is 5.56 Å². The Morgan fingerprint density at radius 1 is 1.37 bits per heavy atom. The van der Waals surface area contributed by atoms with Crippen molar-refractivity contribution in [1.82, 2.24) is 9.97 Å². The molecule has 1 aromatic heterocycles. The highest BCUT2D eigenvalue weighted by Crippen LogP contribution is 2.36. The van der Waals surface area contributed by atoms with Crippen LogP contribution in [-0.2, 0) is 6.42 Å². The van der Waals surface area contributed by atoms with Crippen LogP contribution in [0.3, 0.4) is 0 Å². The minimum atomic E-state index is 0.396. The average molecular weight is 323 g/mol. The van der Waals surface area contributed by atoms with Gasteiger partial charge in [-0.1, -0.05) is 29.8 Å². The van der Waals surface area contributed by atoms with Crippen molar-refractivity contribution in [3.05, 3.63) is 46.5 Å². The summed E-state index contributed by atoms with van der Waals surface area (Å²) in [6, 6.07) is 6.18. The molecule has 102 valence electrons. The lowest BCUT2D eigenvalue weighted by atomic mass is 9.84. The molecule has 4 heteroatoms. The molecule has 0 spiro atoms. The average Bonchev–Trinajstić information content (AvgIpc) is 2.88. The largest absolute Gasteiger partial charge is 0.496 e. The molecule has 1 atom stereocenters. The number of nitrogens with one attached hydrogen (secondary N) is 1. The minimum absolute atomic E-state index is 0.396. The topological polar surface area (TPSA) is 37.9 Å². The first-order chi connectivity index (χ1) is 9.11. The molecule has 0 bridgehead atoms. The Hall–Kier alpha value is -1.29. The molecular formula is C15H19BrN2O. The summed E-state index contributed by atoms with van der Waals surface area (Å²) in [5.41, 5.74) is 2.39. The van der Waals surface area contributed by atoms with E-state index in [1.54, 1.807) is 13.4 Å². The summed E-state index contributed by atoms with van der Waals surface area (Å²) in [4.78, 5) is 7.27. The highest BCUT2D eigenvalue weighted by Gasteiger charge is 2.21. The van der Waals surface area contributed by atoms with Gasteiger partial charge in [0.05, 0.1) is 13.4 Å². The Bertz CT molecular complexity index is 523. The van der Waals surface area contributed by atoms with E-state index in [0.717, 1.165) is 22.3 Å². The van der Waals surface area contributed by atoms with Gasteiger partial charge in [0.15, 0.2) is 0 Å². The van der Waals surface area contributed by atoms with Gasteiger partial charge >= 0.3 is 0 Å². The van der Waals surface area contributed by atoms with Gasteiger partial charge in [-0.2, -0.15) is 0 Å². The van der Waals surface area contributed by atoms with Crippen LogP contribution in [0, 0.1) is 5.92 Å². The molecule has 0 aliphatic rings. The standard InChI is InChI=1S/C15H19BrN2O/c1-10(2)13(7-12-8-17-9-18-12)14-6-11(16)4-5-15(14)19-3/h4-6,8-10,13H,7H2,1-3H3,(H,17,18)/t13-/m0/s1. The zero-order chi connectivity index (χ0) is 13.8. The fraction of sp³-hybridized carbons (Fsp3) is 0.400. The van der Waals surface area contributed by atoms with E-state index in [4.69, 9.17) is 4.74 Å². The molecule has 2 rings (SSSR count). The van der Waals surface area contributed by atoms with Crippen LogP contribution in [-0.4, -0.2) is 17.1 Å². The Kier molecular flexibility index (Phi) is 4.64. The van der Waals surface area contributed by atoms with Crippen molar-refractivity contribution in [2.24, 2.45) is 5.92 Å². The maximum Gasteiger partial charge on any atom is 0.122 e. The number of imidazole rings is 1. The van der Waals surface area contributed by atoms with Crippen LogP contribution in [0.1, 0.15) is 31.0 Å². The zero-order valence-electron chi connectivity index (χ0n) is 11.5. The lowest BCUT2D eigenvalue weighted by molar-refractivity contribution is 0.393. The van der Waals surface area contributed by atoms with Gasteiger partial charge in [-0.05, 0) is 42.0 Å². The van der Waals surface area contributed by atoms with Crippen molar-refractivity contribution in [3.63, 3.8) is 0 Å². The van der Waals surface area contributed by atoms with Crippen LogP contribution in [0.15, 0.2) is 35.2 Å². The third-order valence-electron chi connectivity index (χ3n) is 3.39. The Morgan fingerprint density at radius 2 is 2.16 bits per heavy atom. The minimum Gasteiger partial charge on any atom is -0.496 e. The van der Waals surface area contributed by atoms with E-state index in [1.807, 2.05) is 18.3 Å². The SMILES string of the molecule is COc1ccc(Br)cc1[C@@H](Cc1cnc[nH]1)C(C)C. The summed E-state index contributed by atoms with van der Waals surface area (Å²) in [7, 11) is 1.72. The predicted octanol–water partition coefficient (Wildman–Crippen LogP) is 4.16. The molecule has 3 nitrogen and oxygen atoms in total. The first-order valence-corrected chi connectivity index (χ1v) is 7.21. The van der Waals surface area contributed by atoms with Gasteiger partial charge in [-0.15, -0.1) is 0 Å². The van der Waals surface area contributed by atoms with Gasteiger partial charge in [-0.25, -0.2) is 4.98 Å². The molecule has 0 aliphatic heterocycles. The van der Waals surface area contributed by atoms with Crippen molar-refractivity contribution < 1.29 is 4.74 Å². The van der Waals surface area contributed by atoms with Crippen molar-refractivity contribution in [2.45, 2.75) is 26.2 Å². The fourth-order valence-electron chi connectivity index (χ4n) is 2.33. The summed E-state index contributed by atoms with van der Waals surface area (Å²) in [5, 5.41) is 0. The van der Waals surface area contributed by atoms with E-state index in [2.05, 4.69) is 45.8 Å². The molecule has 0 aliphatic carbocycles. The van der Waals surface area contributed by atoms with Crippen LogP contribution in [0.5, 0.6) is 5.75 Å². The van der Waals surface area contributed by atoms with Crippen LogP contribution in [0.4, 0.5) is 0 Å². The second-order valence-electron chi connectivity index (χ2n) is 5.02. The number of H-pyrrole nitrogens is 1. The fourth-order valence-corrected chi connectivity index (χ4v) is 2.71. The van der Waals surface area contributed by atoms with Crippen molar-refractivity contribution >= 4 is 15.9 Å². The van der Waals surface area contributed by atoms with E-state index in [9.17, 15) is 0 Å². The molecule has 0 amide bonds. The number of halogens is 1. The van der Waals surface area contributed by atoms with E-state index in [0.29, 0.717) is 11.8 Å². The van der Waals surface area contributed by atoms with E-state index in [-0.39, 0.29) is 0 Å². The molecule has 1 heterocycles. The highest BCUT2D eigenvalue weighted by molar-refractivity contribution is 9.10. The molecule has 0 unspecified atom stereocenters. The summed E-state index contributed by atoms with van der Waals surface area (Å²) < 4.78 is 6.59. The van der Waals surface area contributed by atoms with Crippen molar-refractivity contribution in [2.75, 3.05) is 7.11 Å². The van der Waals surface area contributed by atoms with Gasteiger partial charge in [0, 0.05) is 16.4 Å². The maximum absolute atomic E-state index is 5.50. The number of hydrogen-bond donors (Lipinski definition) is 1. The smallest absolute Gasteiger partial charge is 0.122 e. The number of methoxy groups -OCH3 is 1. The van der Waals surface area contributed by atoms with Crippen LogP contribution in [0.2, 0.25) is 0 Å². The molecular weight excluding hydrogens is 304 g/mol. The second-order valence-corrected chi connectivity index (χ2v) is 5.93. The molecule has 0 fully saturated rings. The van der Waals surface area contributed by atoms with Gasteiger partial charge in [0.1, 0.15) is 5.75 Å². The van der Waals surface area contributed by atoms with Crippen molar-refractivity contribution in [3.8, 4) is 5.75 Å². The summed E-state index contributed by atoms with van der Waals surface area (Å²) >= 11 is 3.55. The number of nitrogens with zero attached hydrogens (tertiary/aromatic N) is 1. The number of ether oxygens (including phenoxy) is 1. The zero-order valence-corrected chi connectivity index (χ0v) is 13.1. The number of aromatic nitrogens is 2. The molecule has 1 aromatic carbocycles. The lowest BCUT2D eigenvalue weighted by Gasteiger charge is -2.23.